The third kappa shape index (κ3) is 5.64. The quantitative estimate of drug-likeness (QED) is 0.558. The van der Waals surface area contributed by atoms with Gasteiger partial charge in [-0.3, -0.25) is 9.59 Å². The maximum Gasteiger partial charge on any atom is 0.242 e. The molecule has 1 aliphatic carbocycles. The Labute approximate surface area is 200 Å². The molecule has 2 amide bonds. The fourth-order valence-corrected chi connectivity index (χ4v) is 4.26. The maximum atomic E-state index is 12.9. The summed E-state index contributed by atoms with van der Waals surface area (Å²) in [6.07, 6.45) is 2.94. The normalized spacial score (nSPS) is 16.2. The molecule has 1 aliphatic heterocycles. The van der Waals surface area contributed by atoms with E-state index < -0.39 is 0 Å². The van der Waals surface area contributed by atoms with Gasteiger partial charge >= 0.3 is 0 Å². The van der Waals surface area contributed by atoms with Gasteiger partial charge in [-0.15, -0.1) is 10.2 Å². The predicted octanol–water partition coefficient (Wildman–Crippen LogP) is 2.08. The van der Waals surface area contributed by atoms with Gasteiger partial charge in [0.05, 0.1) is 26.0 Å². The van der Waals surface area contributed by atoms with Gasteiger partial charge in [0.25, 0.3) is 0 Å². The number of anilines is 1. The zero-order chi connectivity index (χ0) is 23.9. The summed E-state index contributed by atoms with van der Waals surface area (Å²) in [5.41, 5.74) is 1.73. The number of methoxy groups -OCH3 is 2. The van der Waals surface area contributed by atoms with E-state index in [0.29, 0.717) is 39.3 Å². The minimum atomic E-state index is -0.0112. The third-order valence-electron chi connectivity index (χ3n) is 6.63. The van der Waals surface area contributed by atoms with Gasteiger partial charge in [0.15, 0.2) is 5.82 Å². The van der Waals surface area contributed by atoms with Crippen molar-refractivity contribution in [1.82, 2.24) is 20.0 Å². The van der Waals surface area contributed by atoms with Crippen molar-refractivity contribution in [2.75, 3.05) is 65.0 Å². The third-order valence-corrected chi connectivity index (χ3v) is 6.63. The smallest absolute Gasteiger partial charge is 0.242 e. The molecule has 0 unspecified atom stereocenters. The fraction of sp³-hybridized carbons (Fsp3) is 0.520. The second kappa shape index (κ2) is 11.3. The first-order chi connectivity index (χ1) is 16.6. The summed E-state index contributed by atoms with van der Waals surface area (Å²) in [6.45, 7) is 3.54. The van der Waals surface area contributed by atoms with Crippen LogP contribution < -0.4 is 9.64 Å². The average Bonchev–Trinajstić information content (AvgIpc) is 2.85. The van der Waals surface area contributed by atoms with E-state index in [1.807, 2.05) is 41.3 Å². The molecule has 0 spiro atoms. The van der Waals surface area contributed by atoms with Crippen molar-refractivity contribution in [1.29, 1.82) is 0 Å². The molecular formula is C25H33N5O4. The van der Waals surface area contributed by atoms with Crippen molar-refractivity contribution in [3.63, 3.8) is 0 Å². The van der Waals surface area contributed by atoms with E-state index in [0.717, 1.165) is 42.1 Å². The van der Waals surface area contributed by atoms with Crippen molar-refractivity contribution in [3.05, 3.63) is 36.4 Å². The predicted molar refractivity (Wildman–Crippen MR) is 129 cm³/mol. The maximum absolute atomic E-state index is 12.9. The highest BCUT2D eigenvalue weighted by atomic mass is 16.5. The topological polar surface area (TPSA) is 88.1 Å². The lowest BCUT2D eigenvalue weighted by molar-refractivity contribution is -0.145. The highest BCUT2D eigenvalue weighted by molar-refractivity contribution is 5.86. The van der Waals surface area contributed by atoms with Gasteiger partial charge in [-0.2, -0.15) is 0 Å². The molecule has 0 bridgehead atoms. The molecule has 0 radical (unpaired) electrons. The van der Waals surface area contributed by atoms with Gasteiger partial charge in [-0.25, -0.2) is 0 Å². The van der Waals surface area contributed by atoms with Gasteiger partial charge in [0.2, 0.25) is 11.8 Å². The lowest BCUT2D eigenvalue weighted by atomic mass is 9.84. The van der Waals surface area contributed by atoms with Crippen LogP contribution >= 0.6 is 0 Å². The zero-order valence-electron chi connectivity index (χ0n) is 20.0. The van der Waals surface area contributed by atoms with E-state index in [1.54, 1.807) is 19.1 Å². The molecule has 2 aliphatic rings. The number of amides is 2. The zero-order valence-corrected chi connectivity index (χ0v) is 20.0. The molecule has 9 nitrogen and oxygen atoms in total. The number of nitrogens with zero attached hydrogens (tertiary/aromatic N) is 5. The van der Waals surface area contributed by atoms with Crippen LogP contribution in [0.25, 0.3) is 11.3 Å². The Morgan fingerprint density at radius 3 is 2.47 bits per heavy atom. The SMILES string of the molecule is COCCN(CC(=O)N1CCN(c2ccc(-c3cccc(OC)c3)nn2)CC1)C(=O)C1CCC1. The number of aromatic nitrogens is 2. The molecule has 2 fully saturated rings. The van der Waals surface area contributed by atoms with Gasteiger partial charge in [-0.05, 0) is 37.1 Å². The Bertz CT molecular complexity index is 972. The second-order valence-electron chi connectivity index (χ2n) is 8.76. The minimum absolute atomic E-state index is 0.0112. The van der Waals surface area contributed by atoms with Crippen molar-refractivity contribution < 1.29 is 19.1 Å². The number of ether oxygens (including phenoxy) is 2. The van der Waals surface area contributed by atoms with Crippen LogP contribution in [0.5, 0.6) is 5.75 Å². The van der Waals surface area contributed by atoms with Crippen LogP contribution in [0.3, 0.4) is 0 Å². The van der Waals surface area contributed by atoms with E-state index >= 15 is 0 Å². The van der Waals surface area contributed by atoms with Crippen molar-refractivity contribution in [2.24, 2.45) is 5.92 Å². The Balaban J connectivity index is 1.31. The summed E-state index contributed by atoms with van der Waals surface area (Å²) in [5, 5.41) is 8.80. The summed E-state index contributed by atoms with van der Waals surface area (Å²) in [4.78, 5) is 31.3. The van der Waals surface area contributed by atoms with Crippen LogP contribution in [0.2, 0.25) is 0 Å². The number of carbonyl (C=O) groups is 2. The minimum Gasteiger partial charge on any atom is -0.497 e. The molecule has 1 saturated heterocycles. The molecule has 1 aromatic heterocycles. The van der Waals surface area contributed by atoms with Crippen LogP contribution in [0, 0.1) is 5.92 Å². The van der Waals surface area contributed by atoms with Gasteiger partial charge in [-0.1, -0.05) is 18.6 Å². The summed E-state index contributed by atoms with van der Waals surface area (Å²) in [7, 11) is 3.25. The van der Waals surface area contributed by atoms with Crippen LogP contribution in [0.15, 0.2) is 36.4 Å². The standard InChI is InChI=1S/C25H33N5O4/c1-33-16-15-30(25(32)19-5-3-6-19)18-24(31)29-13-11-28(12-14-29)23-10-9-22(26-27-23)20-7-4-8-21(17-20)34-2/h4,7-10,17,19H,3,5-6,11-16,18H2,1-2H3. The van der Waals surface area contributed by atoms with E-state index in [4.69, 9.17) is 9.47 Å². The van der Waals surface area contributed by atoms with Crippen molar-refractivity contribution in [2.45, 2.75) is 19.3 Å². The summed E-state index contributed by atoms with van der Waals surface area (Å²) < 4.78 is 10.4. The molecule has 9 heteroatoms. The van der Waals surface area contributed by atoms with Crippen molar-refractivity contribution in [3.8, 4) is 17.0 Å². The Kier molecular flexibility index (Phi) is 7.95. The highest BCUT2D eigenvalue weighted by Crippen LogP contribution is 2.28. The second-order valence-corrected chi connectivity index (χ2v) is 8.76. The number of hydrogen-bond acceptors (Lipinski definition) is 7. The number of carbonyl (C=O) groups excluding carboxylic acids is 2. The van der Waals surface area contributed by atoms with E-state index in [1.165, 1.54) is 0 Å². The van der Waals surface area contributed by atoms with Crippen LogP contribution in [0.4, 0.5) is 5.82 Å². The molecule has 34 heavy (non-hydrogen) atoms. The number of hydrogen-bond donors (Lipinski definition) is 0. The molecule has 2 heterocycles. The molecular weight excluding hydrogens is 434 g/mol. The van der Waals surface area contributed by atoms with Crippen LogP contribution in [-0.4, -0.2) is 91.9 Å². The van der Waals surface area contributed by atoms with Crippen LogP contribution in [-0.2, 0) is 14.3 Å². The fourth-order valence-electron chi connectivity index (χ4n) is 4.26. The molecule has 182 valence electrons. The Morgan fingerprint density at radius 2 is 1.85 bits per heavy atom. The first-order valence-corrected chi connectivity index (χ1v) is 11.9. The molecule has 0 atom stereocenters. The van der Waals surface area contributed by atoms with Gasteiger partial charge < -0.3 is 24.2 Å². The molecule has 1 saturated carbocycles. The Hall–Kier alpha value is -3.20. The number of rotatable bonds is 9. The summed E-state index contributed by atoms with van der Waals surface area (Å²) in [5.74, 6) is 1.71. The van der Waals surface area contributed by atoms with E-state index in [2.05, 4.69) is 15.1 Å². The van der Waals surface area contributed by atoms with Crippen LogP contribution in [0.1, 0.15) is 19.3 Å². The monoisotopic (exact) mass is 467 g/mol. The highest BCUT2D eigenvalue weighted by Gasteiger charge is 2.31. The molecule has 4 rings (SSSR count). The summed E-state index contributed by atoms with van der Waals surface area (Å²) in [6, 6.07) is 11.6. The lowest BCUT2D eigenvalue weighted by Gasteiger charge is -2.37. The molecule has 1 aromatic carbocycles. The number of benzene rings is 1. The summed E-state index contributed by atoms with van der Waals surface area (Å²) >= 11 is 0. The van der Waals surface area contributed by atoms with Crippen molar-refractivity contribution >= 4 is 17.6 Å². The van der Waals surface area contributed by atoms with E-state index in [9.17, 15) is 9.59 Å². The van der Waals surface area contributed by atoms with Gasteiger partial charge in [0.1, 0.15) is 5.75 Å². The average molecular weight is 468 g/mol. The molecule has 0 N–H and O–H groups in total. The van der Waals surface area contributed by atoms with Gasteiger partial charge in [0, 0.05) is 51.3 Å². The first-order valence-electron chi connectivity index (χ1n) is 11.9. The largest absolute Gasteiger partial charge is 0.497 e. The first kappa shape index (κ1) is 23.9. The number of piperazine rings is 1. The van der Waals surface area contributed by atoms with E-state index in [-0.39, 0.29) is 24.3 Å². The Morgan fingerprint density at radius 1 is 1.06 bits per heavy atom. The lowest BCUT2D eigenvalue weighted by Crippen LogP contribution is -2.53. The molecule has 2 aromatic rings.